The molecule has 22 heavy (non-hydrogen) atoms. The van der Waals surface area contributed by atoms with Crippen molar-refractivity contribution in [1.82, 2.24) is 4.90 Å². The van der Waals surface area contributed by atoms with Crippen LogP contribution in [-0.2, 0) is 5.41 Å². The van der Waals surface area contributed by atoms with Crippen LogP contribution < -0.4 is 0 Å². The molecule has 2 fully saturated rings. The second-order valence-electron chi connectivity index (χ2n) is 7.75. The van der Waals surface area contributed by atoms with Gasteiger partial charge in [0.2, 0.25) is 0 Å². The molecular formula is C19H27NOS. The van der Waals surface area contributed by atoms with E-state index in [0.717, 1.165) is 10.8 Å². The minimum absolute atomic E-state index is 0.136. The van der Waals surface area contributed by atoms with E-state index in [4.69, 9.17) is 0 Å². The zero-order chi connectivity index (χ0) is 15.9. The van der Waals surface area contributed by atoms with Crippen molar-refractivity contribution in [3.05, 3.63) is 35.4 Å². The van der Waals surface area contributed by atoms with Gasteiger partial charge in [-0.25, -0.2) is 0 Å². The molecule has 0 radical (unpaired) electrons. The average Bonchev–Trinajstić information content (AvgIpc) is 2.75. The lowest BCUT2D eigenvalue weighted by atomic mass is 9.86. The molecule has 0 spiro atoms. The van der Waals surface area contributed by atoms with Crippen molar-refractivity contribution in [2.24, 2.45) is 0 Å². The van der Waals surface area contributed by atoms with Gasteiger partial charge < -0.3 is 4.90 Å². The van der Waals surface area contributed by atoms with Gasteiger partial charge in [-0.05, 0) is 55.1 Å². The summed E-state index contributed by atoms with van der Waals surface area (Å²) < 4.78 is 0. The smallest absolute Gasteiger partial charge is 0.254 e. The number of nitrogens with zero attached hydrogens (tertiary/aromatic N) is 1. The lowest BCUT2D eigenvalue weighted by Gasteiger charge is -2.38. The van der Waals surface area contributed by atoms with Gasteiger partial charge in [0.1, 0.15) is 0 Å². The minimum atomic E-state index is 0.136. The fraction of sp³-hybridized carbons (Fsp3) is 0.632. The molecule has 0 aromatic heterocycles. The minimum Gasteiger partial charge on any atom is -0.333 e. The molecule has 120 valence electrons. The number of amides is 1. The average molecular weight is 317 g/mol. The van der Waals surface area contributed by atoms with Crippen LogP contribution in [-0.4, -0.2) is 34.4 Å². The summed E-state index contributed by atoms with van der Waals surface area (Å²) in [7, 11) is 0. The van der Waals surface area contributed by atoms with E-state index < -0.39 is 0 Å². The monoisotopic (exact) mass is 317 g/mol. The Balaban J connectivity index is 1.77. The Hall–Kier alpha value is -0.960. The number of fused-ring (bicyclic) bond motifs is 2. The van der Waals surface area contributed by atoms with E-state index in [0.29, 0.717) is 12.1 Å². The van der Waals surface area contributed by atoms with Gasteiger partial charge in [-0.2, -0.15) is 11.8 Å². The molecule has 2 nitrogen and oxygen atoms in total. The van der Waals surface area contributed by atoms with Crippen LogP contribution in [0.4, 0.5) is 0 Å². The summed E-state index contributed by atoms with van der Waals surface area (Å²) in [5.41, 5.74) is 2.28. The van der Waals surface area contributed by atoms with E-state index in [1.165, 1.54) is 31.2 Å². The molecule has 3 heteroatoms. The zero-order valence-corrected chi connectivity index (χ0v) is 15.0. The highest BCUT2D eigenvalue weighted by Crippen LogP contribution is 2.40. The zero-order valence-electron chi connectivity index (χ0n) is 14.1. The van der Waals surface area contributed by atoms with E-state index in [-0.39, 0.29) is 11.3 Å². The van der Waals surface area contributed by atoms with Gasteiger partial charge in [0, 0.05) is 22.9 Å². The van der Waals surface area contributed by atoms with Crippen LogP contribution in [0.2, 0.25) is 0 Å². The second-order valence-corrected chi connectivity index (χ2v) is 8.89. The van der Waals surface area contributed by atoms with Crippen LogP contribution in [0.3, 0.4) is 0 Å². The maximum absolute atomic E-state index is 12.9. The standard InChI is InChI=1S/C19H27NOS/c1-19(2,3)14-7-5-13(6-8-14)18(21)20-15-9-10-16(20)12-17(11-15)22-4/h5-8,15-17H,9-12H2,1-4H3/t15-,16+,17?. The van der Waals surface area contributed by atoms with Gasteiger partial charge in [-0.3, -0.25) is 4.79 Å². The third kappa shape index (κ3) is 2.92. The van der Waals surface area contributed by atoms with E-state index in [1.807, 2.05) is 23.9 Å². The van der Waals surface area contributed by atoms with Crippen LogP contribution in [0.15, 0.2) is 24.3 Å². The number of carbonyl (C=O) groups is 1. The lowest BCUT2D eigenvalue weighted by Crippen LogP contribution is -2.47. The fourth-order valence-electron chi connectivity index (χ4n) is 3.91. The topological polar surface area (TPSA) is 20.3 Å². The number of carbonyl (C=O) groups excluding carboxylic acids is 1. The molecule has 3 rings (SSSR count). The molecule has 0 N–H and O–H groups in total. The predicted molar refractivity (Wildman–Crippen MR) is 94.7 cm³/mol. The molecule has 1 unspecified atom stereocenters. The summed E-state index contributed by atoms with van der Waals surface area (Å²) in [6.07, 6.45) is 6.92. The maximum atomic E-state index is 12.9. The predicted octanol–water partition coefficient (Wildman–Crippen LogP) is 4.48. The molecule has 1 aromatic carbocycles. The largest absolute Gasteiger partial charge is 0.333 e. The Bertz CT molecular complexity index is 532. The maximum Gasteiger partial charge on any atom is 0.254 e. The Kier molecular flexibility index (Phi) is 4.28. The SMILES string of the molecule is CSC1C[C@H]2CC[C@@H](C1)N2C(=O)c1ccc(C(C)(C)C)cc1. The number of hydrogen-bond donors (Lipinski definition) is 0. The molecule has 1 amide bonds. The molecule has 2 saturated heterocycles. The number of thioether (sulfide) groups is 1. The van der Waals surface area contributed by atoms with Gasteiger partial charge in [-0.1, -0.05) is 32.9 Å². The van der Waals surface area contributed by atoms with Crippen molar-refractivity contribution >= 4 is 17.7 Å². The summed E-state index contributed by atoms with van der Waals surface area (Å²) in [5, 5.41) is 0.741. The van der Waals surface area contributed by atoms with E-state index in [9.17, 15) is 4.79 Å². The first-order chi connectivity index (χ1) is 10.4. The molecular weight excluding hydrogens is 290 g/mol. The molecule has 2 bridgehead atoms. The summed E-state index contributed by atoms with van der Waals surface area (Å²) in [4.78, 5) is 15.1. The first-order valence-electron chi connectivity index (χ1n) is 8.36. The number of piperidine rings is 1. The highest BCUT2D eigenvalue weighted by molar-refractivity contribution is 7.99. The van der Waals surface area contributed by atoms with Crippen molar-refractivity contribution in [2.75, 3.05) is 6.26 Å². The third-order valence-electron chi connectivity index (χ3n) is 5.26. The van der Waals surface area contributed by atoms with Crippen LogP contribution in [0.5, 0.6) is 0 Å². The van der Waals surface area contributed by atoms with Crippen LogP contribution in [0, 0.1) is 0 Å². The lowest BCUT2D eigenvalue weighted by molar-refractivity contribution is 0.0601. The molecule has 0 aliphatic carbocycles. The highest BCUT2D eigenvalue weighted by Gasteiger charge is 2.43. The Morgan fingerprint density at radius 3 is 2.09 bits per heavy atom. The summed E-state index contributed by atoms with van der Waals surface area (Å²) in [6.45, 7) is 6.62. The van der Waals surface area contributed by atoms with Crippen molar-refractivity contribution in [3.63, 3.8) is 0 Å². The van der Waals surface area contributed by atoms with Gasteiger partial charge in [-0.15, -0.1) is 0 Å². The van der Waals surface area contributed by atoms with Crippen molar-refractivity contribution < 1.29 is 4.79 Å². The van der Waals surface area contributed by atoms with Gasteiger partial charge in [0.15, 0.2) is 0 Å². The Morgan fingerprint density at radius 2 is 1.64 bits per heavy atom. The number of hydrogen-bond acceptors (Lipinski definition) is 2. The van der Waals surface area contributed by atoms with E-state index in [2.05, 4.69) is 44.1 Å². The summed E-state index contributed by atoms with van der Waals surface area (Å²) in [5.74, 6) is 0.243. The van der Waals surface area contributed by atoms with Crippen molar-refractivity contribution in [2.45, 2.75) is 69.2 Å². The molecule has 1 aromatic rings. The highest BCUT2D eigenvalue weighted by atomic mass is 32.2. The number of benzene rings is 1. The van der Waals surface area contributed by atoms with E-state index >= 15 is 0 Å². The van der Waals surface area contributed by atoms with Gasteiger partial charge in [0.25, 0.3) is 5.91 Å². The van der Waals surface area contributed by atoms with Gasteiger partial charge >= 0.3 is 0 Å². The van der Waals surface area contributed by atoms with Crippen molar-refractivity contribution in [1.29, 1.82) is 0 Å². The van der Waals surface area contributed by atoms with Crippen LogP contribution in [0.25, 0.3) is 0 Å². The Labute approximate surface area is 138 Å². The Morgan fingerprint density at radius 1 is 1.09 bits per heavy atom. The van der Waals surface area contributed by atoms with Crippen molar-refractivity contribution in [3.8, 4) is 0 Å². The number of rotatable bonds is 2. The van der Waals surface area contributed by atoms with Gasteiger partial charge in [0.05, 0.1) is 0 Å². The molecule has 2 aliphatic heterocycles. The molecule has 3 atom stereocenters. The summed E-state index contributed by atoms with van der Waals surface area (Å²) >= 11 is 1.97. The molecule has 2 aliphatic rings. The fourth-order valence-corrected chi connectivity index (χ4v) is 4.74. The normalized spacial score (nSPS) is 28.0. The quantitative estimate of drug-likeness (QED) is 0.801. The molecule has 2 heterocycles. The summed E-state index contributed by atoms with van der Waals surface area (Å²) in [6, 6.07) is 9.19. The molecule has 0 saturated carbocycles. The third-order valence-corrected chi connectivity index (χ3v) is 6.31. The van der Waals surface area contributed by atoms with Crippen LogP contribution >= 0.6 is 11.8 Å². The second kappa shape index (κ2) is 5.92. The van der Waals surface area contributed by atoms with Crippen LogP contribution in [0.1, 0.15) is 62.4 Å². The first-order valence-corrected chi connectivity index (χ1v) is 9.65. The first kappa shape index (κ1) is 15.9. The van der Waals surface area contributed by atoms with E-state index in [1.54, 1.807) is 0 Å².